The van der Waals surface area contributed by atoms with E-state index in [0.29, 0.717) is 11.8 Å². The predicted molar refractivity (Wildman–Crippen MR) is 58.5 cm³/mol. The average molecular weight is 183 g/mol. The molecule has 0 bridgehead atoms. The molecule has 0 amide bonds. The van der Waals surface area contributed by atoms with Crippen molar-refractivity contribution in [2.24, 2.45) is 11.8 Å². The van der Waals surface area contributed by atoms with Crippen molar-refractivity contribution in [2.75, 3.05) is 20.2 Å². The van der Waals surface area contributed by atoms with Crippen LogP contribution in [0.3, 0.4) is 0 Å². The summed E-state index contributed by atoms with van der Waals surface area (Å²) in [4.78, 5) is 2.42. The van der Waals surface area contributed by atoms with Crippen LogP contribution in [-0.2, 0) is 4.74 Å². The Morgan fingerprint density at radius 2 is 2.15 bits per heavy atom. The second-order valence-corrected chi connectivity index (χ2v) is 4.62. The number of hydrogen-bond acceptors (Lipinski definition) is 2. The highest BCUT2D eigenvalue weighted by Crippen LogP contribution is 2.36. The molecule has 0 saturated carbocycles. The minimum Gasteiger partial charge on any atom is -0.378 e. The molecule has 1 aliphatic heterocycles. The van der Waals surface area contributed by atoms with E-state index in [2.05, 4.69) is 33.6 Å². The first kappa shape index (κ1) is 11.1. The Bertz CT molecular complexity index is 176. The maximum atomic E-state index is 5.72. The first-order valence-corrected chi connectivity index (χ1v) is 5.28. The molecule has 0 aromatic rings. The van der Waals surface area contributed by atoms with Gasteiger partial charge in [-0.3, -0.25) is 0 Å². The molecule has 0 N–H and O–H groups in total. The molecular weight excluding hydrogens is 161 g/mol. The number of nitrogens with zero attached hydrogens (tertiary/aromatic N) is 1. The van der Waals surface area contributed by atoms with E-state index in [9.17, 15) is 0 Å². The van der Waals surface area contributed by atoms with Gasteiger partial charge in [0.15, 0.2) is 7.98 Å². The molecular formula is C10H22BNO. The maximum absolute atomic E-state index is 5.72. The first-order chi connectivity index (χ1) is 6.04. The molecule has 1 fully saturated rings. The third kappa shape index (κ3) is 1.91. The van der Waals surface area contributed by atoms with Crippen molar-refractivity contribution < 1.29 is 4.74 Å². The zero-order valence-electron chi connectivity index (χ0n) is 9.63. The van der Waals surface area contributed by atoms with Gasteiger partial charge in [-0.1, -0.05) is 13.8 Å². The molecule has 2 nitrogen and oxygen atoms in total. The van der Waals surface area contributed by atoms with E-state index in [4.69, 9.17) is 4.74 Å². The Labute approximate surface area is 83.1 Å². The van der Waals surface area contributed by atoms with Crippen LogP contribution in [0, 0.1) is 11.8 Å². The zero-order chi connectivity index (χ0) is 10.1. The third-order valence-electron chi connectivity index (χ3n) is 3.84. The normalized spacial score (nSPS) is 42.2. The van der Waals surface area contributed by atoms with Gasteiger partial charge < -0.3 is 9.55 Å². The van der Waals surface area contributed by atoms with Gasteiger partial charge in [0.2, 0.25) is 0 Å². The van der Waals surface area contributed by atoms with E-state index >= 15 is 0 Å². The first-order valence-electron chi connectivity index (χ1n) is 5.28. The van der Waals surface area contributed by atoms with E-state index in [1.54, 1.807) is 0 Å². The van der Waals surface area contributed by atoms with E-state index < -0.39 is 0 Å². The molecule has 0 radical (unpaired) electrons. The van der Waals surface area contributed by atoms with Crippen molar-refractivity contribution in [1.82, 2.24) is 4.81 Å². The Morgan fingerprint density at radius 1 is 1.54 bits per heavy atom. The van der Waals surface area contributed by atoms with Gasteiger partial charge in [-0.2, -0.15) is 0 Å². The van der Waals surface area contributed by atoms with Crippen LogP contribution in [0.25, 0.3) is 0 Å². The minimum absolute atomic E-state index is 0.0846. The van der Waals surface area contributed by atoms with Gasteiger partial charge in [0.25, 0.3) is 0 Å². The molecule has 1 heterocycles. The number of piperidine rings is 1. The van der Waals surface area contributed by atoms with Crippen LogP contribution in [0.15, 0.2) is 0 Å². The van der Waals surface area contributed by atoms with E-state index in [0.717, 1.165) is 6.54 Å². The highest BCUT2D eigenvalue weighted by molar-refractivity contribution is 6.04. The number of hydrogen-bond donors (Lipinski definition) is 0. The smallest absolute Gasteiger partial charge is 0.185 e. The van der Waals surface area contributed by atoms with Gasteiger partial charge >= 0.3 is 0 Å². The summed E-state index contributed by atoms with van der Waals surface area (Å²) < 4.78 is 5.72. The summed E-state index contributed by atoms with van der Waals surface area (Å²) in [6, 6.07) is 0. The van der Waals surface area contributed by atoms with Crippen molar-refractivity contribution in [3.05, 3.63) is 0 Å². The van der Waals surface area contributed by atoms with Gasteiger partial charge in [-0.05, 0) is 38.3 Å². The topological polar surface area (TPSA) is 12.5 Å². The summed E-state index contributed by atoms with van der Waals surface area (Å²) in [5.41, 5.74) is 0.0846. The summed E-state index contributed by atoms with van der Waals surface area (Å²) in [6.07, 6.45) is 1.21. The summed E-state index contributed by atoms with van der Waals surface area (Å²) in [6.45, 7) is 9.14. The van der Waals surface area contributed by atoms with Crippen LogP contribution in [0.4, 0.5) is 0 Å². The number of rotatable bonds is 2. The highest BCUT2D eigenvalue weighted by atomic mass is 16.5. The molecule has 0 aromatic heterocycles. The molecule has 0 spiro atoms. The molecule has 1 rings (SSSR count). The molecule has 1 saturated heterocycles. The van der Waals surface area contributed by atoms with Gasteiger partial charge in [0, 0.05) is 7.11 Å². The second kappa shape index (κ2) is 4.01. The van der Waals surface area contributed by atoms with Gasteiger partial charge in [-0.15, -0.1) is 0 Å². The zero-order valence-corrected chi connectivity index (χ0v) is 9.63. The van der Waals surface area contributed by atoms with Crippen molar-refractivity contribution in [3.8, 4) is 0 Å². The lowest BCUT2D eigenvalue weighted by atomic mass is 9.73. The summed E-state index contributed by atoms with van der Waals surface area (Å²) >= 11 is 0. The van der Waals surface area contributed by atoms with Crippen LogP contribution in [-0.4, -0.2) is 38.6 Å². The lowest BCUT2D eigenvalue weighted by Crippen LogP contribution is -2.55. The number of ether oxygens (including phenoxy) is 1. The largest absolute Gasteiger partial charge is 0.378 e. The van der Waals surface area contributed by atoms with E-state index in [1.165, 1.54) is 13.0 Å². The standard InChI is InChI=1S/C10H22BNO/c1-5-9-7-12(11)6-8(2)10(9,3)13-4/h8-9H,5-7,11H2,1-4H3. The van der Waals surface area contributed by atoms with Crippen molar-refractivity contribution in [1.29, 1.82) is 0 Å². The fraction of sp³-hybridized carbons (Fsp3) is 1.00. The predicted octanol–water partition coefficient (Wildman–Crippen LogP) is 0.917. The SMILES string of the molecule is BN1CC(C)C(C)(OC)C(CC)C1. The van der Waals surface area contributed by atoms with Crippen molar-refractivity contribution >= 4 is 7.98 Å². The monoisotopic (exact) mass is 183 g/mol. The molecule has 1 aliphatic rings. The van der Waals surface area contributed by atoms with Crippen LogP contribution in [0.2, 0.25) is 0 Å². The Kier molecular flexibility index (Phi) is 3.41. The Hall–Kier alpha value is -0.0151. The van der Waals surface area contributed by atoms with Crippen LogP contribution in [0.1, 0.15) is 27.2 Å². The quantitative estimate of drug-likeness (QED) is 0.590. The molecule has 3 unspecified atom stereocenters. The summed E-state index contributed by atoms with van der Waals surface area (Å²) in [5, 5.41) is 0. The van der Waals surface area contributed by atoms with E-state index in [1.807, 2.05) is 7.11 Å². The summed E-state index contributed by atoms with van der Waals surface area (Å²) in [5.74, 6) is 1.30. The van der Waals surface area contributed by atoms with Gasteiger partial charge in [0.05, 0.1) is 5.60 Å². The molecule has 0 aliphatic carbocycles. The molecule has 76 valence electrons. The molecule has 0 aromatic carbocycles. The van der Waals surface area contributed by atoms with Crippen molar-refractivity contribution in [2.45, 2.75) is 32.8 Å². The lowest BCUT2D eigenvalue weighted by Gasteiger charge is -2.48. The summed E-state index contributed by atoms with van der Waals surface area (Å²) in [7, 11) is 4.05. The third-order valence-corrected chi connectivity index (χ3v) is 3.84. The van der Waals surface area contributed by atoms with Crippen LogP contribution >= 0.6 is 0 Å². The maximum Gasteiger partial charge on any atom is 0.185 e. The Balaban J connectivity index is 2.77. The molecule has 3 atom stereocenters. The molecule has 3 heteroatoms. The fourth-order valence-corrected chi connectivity index (χ4v) is 2.59. The van der Waals surface area contributed by atoms with Crippen LogP contribution in [0.5, 0.6) is 0 Å². The van der Waals surface area contributed by atoms with Crippen LogP contribution < -0.4 is 0 Å². The van der Waals surface area contributed by atoms with Gasteiger partial charge in [-0.25, -0.2) is 0 Å². The Morgan fingerprint density at radius 3 is 2.62 bits per heavy atom. The van der Waals surface area contributed by atoms with Gasteiger partial charge in [0.1, 0.15) is 0 Å². The minimum atomic E-state index is 0.0846. The number of methoxy groups -OCH3 is 1. The highest BCUT2D eigenvalue weighted by Gasteiger charge is 2.42. The van der Waals surface area contributed by atoms with Crippen molar-refractivity contribution in [3.63, 3.8) is 0 Å². The average Bonchev–Trinajstić information content (AvgIpc) is 2.11. The van der Waals surface area contributed by atoms with E-state index in [-0.39, 0.29) is 5.60 Å². The molecule has 13 heavy (non-hydrogen) atoms. The fourth-order valence-electron chi connectivity index (χ4n) is 2.59. The lowest BCUT2D eigenvalue weighted by molar-refractivity contribution is -0.112. The second-order valence-electron chi connectivity index (χ2n) is 4.62.